The van der Waals surface area contributed by atoms with Gasteiger partial charge in [0.25, 0.3) is 0 Å². The predicted octanol–water partition coefficient (Wildman–Crippen LogP) is 5.07. The van der Waals surface area contributed by atoms with E-state index < -0.39 is 6.10 Å². The minimum Gasteiger partial charge on any atom is -0.508 e. The van der Waals surface area contributed by atoms with Crippen LogP contribution in [0.3, 0.4) is 0 Å². The van der Waals surface area contributed by atoms with E-state index in [2.05, 4.69) is 20.8 Å². The van der Waals surface area contributed by atoms with Gasteiger partial charge in [-0.3, -0.25) is 0 Å². The van der Waals surface area contributed by atoms with Crippen molar-refractivity contribution in [2.24, 2.45) is 0 Å². The van der Waals surface area contributed by atoms with Crippen LogP contribution in [0.15, 0.2) is 36.4 Å². The van der Waals surface area contributed by atoms with Gasteiger partial charge in [-0.1, -0.05) is 58.9 Å². The molecule has 1 aliphatic heterocycles. The van der Waals surface area contributed by atoms with Crippen molar-refractivity contribution < 1.29 is 14.6 Å². The number of esters is 1. The Morgan fingerprint density at radius 2 is 1.75 bits per heavy atom. The molecule has 126 valence electrons. The molecular formula is C21H24O3. The summed E-state index contributed by atoms with van der Waals surface area (Å²) in [4.78, 5) is 12.3. The van der Waals surface area contributed by atoms with Crippen molar-refractivity contribution >= 4 is 5.97 Å². The third-order valence-corrected chi connectivity index (χ3v) is 4.60. The standard InChI is InChI=1S/C21H24O3/c1-12(2)17-16(22)11-10-15(21(3,4)5)18(17)19-13-8-6-7-9-14(13)20(23)24-19/h6-12,19,22H,1-5H3. The fourth-order valence-corrected chi connectivity index (χ4v) is 3.53. The molecule has 1 aliphatic rings. The molecule has 1 heterocycles. The third kappa shape index (κ3) is 2.58. The predicted molar refractivity (Wildman–Crippen MR) is 94.6 cm³/mol. The number of cyclic esters (lactones) is 1. The maximum atomic E-state index is 12.3. The Labute approximate surface area is 143 Å². The second-order valence-corrected chi connectivity index (χ2v) is 7.74. The number of rotatable bonds is 2. The molecule has 0 bridgehead atoms. The minimum atomic E-state index is -0.465. The molecule has 0 saturated heterocycles. The van der Waals surface area contributed by atoms with Crippen molar-refractivity contribution in [1.29, 1.82) is 0 Å². The summed E-state index contributed by atoms with van der Waals surface area (Å²) in [5.41, 5.74) is 4.24. The molecule has 0 spiro atoms. The van der Waals surface area contributed by atoms with Crippen LogP contribution < -0.4 is 0 Å². The first kappa shape index (κ1) is 16.6. The van der Waals surface area contributed by atoms with E-state index >= 15 is 0 Å². The third-order valence-electron chi connectivity index (χ3n) is 4.60. The van der Waals surface area contributed by atoms with E-state index in [1.54, 1.807) is 12.1 Å². The fraction of sp³-hybridized carbons (Fsp3) is 0.381. The molecule has 0 saturated carbocycles. The van der Waals surface area contributed by atoms with Gasteiger partial charge in [0.05, 0.1) is 5.56 Å². The lowest BCUT2D eigenvalue weighted by molar-refractivity contribution is 0.0451. The van der Waals surface area contributed by atoms with Gasteiger partial charge in [0, 0.05) is 16.7 Å². The van der Waals surface area contributed by atoms with E-state index in [0.717, 1.165) is 22.3 Å². The topological polar surface area (TPSA) is 46.5 Å². The summed E-state index contributed by atoms with van der Waals surface area (Å²) in [5.74, 6) is 0.0794. The van der Waals surface area contributed by atoms with Crippen LogP contribution in [-0.2, 0) is 10.2 Å². The van der Waals surface area contributed by atoms with Gasteiger partial charge >= 0.3 is 5.97 Å². The van der Waals surface area contributed by atoms with Gasteiger partial charge < -0.3 is 9.84 Å². The molecule has 3 nitrogen and oxygen atoms in total. The Kier molecular flexibility index (Phi) is 3.90. The number of carbonyl (C=O) groups excluding carboxylic acids is 1. The molecule has 1 atom stereocenters. The Bertz CT molecular complexity index is 797. The summed E-state index contributed by atoms with van der Waals surface area (Å²) < 4.78 is 5.75. The lowest BCUT2D eigenvalue weighted by Gasteiger charge is -2.29. The zero-order valence-corrected chi connectivity index (χ0v) is 14.9. The molecule has 3 rings (SSSR count). The Morgan fingerprint density at radius 3 is 2.38 bits per heavy atom. The Balaban J connectivity index is 2.32. The maximum Gasteiger partial charge on any atom is 0.339 e. The first-order valence-electron chi connectivity index (χ1n) is 8.38. The van der Waals surface area contributed by atoms with Crippen LogP contribution >= 0.6 is 0 Å². The monoisotopic (exact) mass is 324 g/mol. The van der Waals surface area contributed by atoms with E-state index in [0.29, 0.717) is 5.56 Å². The van der Waals surface area contributed by atoms with Gasteiger partial charge in [-0.25, -0.2) is 4.79 Å². The maximum absolute atomic E-state index is 12.3. The first-order valence-corrected chi connectivity index (χ1v) is 8.38. The van der Waals surface area contributed by atoms with Gasteiger partial charge in [-0.2, -0.15) is 0 Å². The minimum absolute atomic E-state index is 0.119. The van der Waals surface area contributed by atoms with Crippen LogP contribution in [0.25, 0.3) is 0 Å². The zero-order chi connectivity index (χ0) is 17.6. The molecule has 24 heavy (non-hydrogen) atoms. The van der Waals surface area contributed by atoms with Crippen molar-refractivity contribution in [3.63, 3.8) is 0 Å². The second kappa shape index (κ2) is 5.66. The van der Waals surface area contributed by atoms with Crippen LogP contribution in [-0.4, -0.2) is 11.1 Å². The molecule has 2 aromatic rings. The number of phenolic OH excluding ortho intramolecular Hbond substituents is 1. The van der Waals surface area contributed by atoms with Crippen LogP contribution in [0.2, 0.25) is 0 Å². The van der Waals surface area contributed by atoms with Gasteiger partial charge in [0.2, 0.25) is 0 Å². The highest BCUT2D eigenvalue weighted by Crippen LogP contribution is 2.46. The summed E-state index contributed by atoms with van der Waals surface area (Å²) in [5, 5.41) is 10.5. The average molecular weight is 324 g/mol. The highest BCUT2D eigenvalue weighted by atomic mass is 16.5. The van der Waals surface area contributed by atoms with Crippen LogP contribution in [0.4, 0.5) is 0 Å². The number of hydrogen-bond donors (Lipinski definition) is 1. The molecule has 1 unspecified atom stereocenters. The quantitative estimate of drug-likeness (QED) is 0.784. The lowest BCUT2D eigenvalue weighted by Crippen LogP contribution is -2.19. The smallest absolute Gasteiger partial charge is 0.339 e. The molecule has 1 N–H and O–H groups in total. The van der Waals surface area contributed by atoms with E-state index in [4.69, 9.17) is 4.74 Å². The van der Waals surface area contributed by atoms with Gasteiger partial charge in [-0.15, -0.1) is 0 Å². The average Bonchev–Trinajstić information content (AvgIpc) is 2.83. The summed E-state index contributed by atoms with van der Waals surface area (Å²) in [6.45, 7) is 10.5. The van der Waals surface area contributed by atoms with Gasteiger partial charge in [0.15, 0.2) is 6.10 Å². The molecule has 0 aromatic heterocycles. The van der Waals surface area contributed by atoms with Gasteiger partial charge in [0.1, 0.15) is 5.75 Å². The number of hydrogen-bond acceptors (Lipinski definition) is 3. The number of carbonyl (C=O) groups is 1. The highest BCUT2D eigenvalue weighted by Gasteiger charge is 2.37. The summed E-state index contributed by atoms with van der Waals surface area (Å²) in [6, 6.07) is 11.2. The largest absolute Gasteiger partial charge is 0.508 e. The fourth-order valence-electron chi connectivity index (χ4n) is 3.53. The Hall–Kier alpha value is -2.29. The SMILES string of the molecule is CC(C)c1c(O)ccc(C(C)(C)C)c1C1OC(=O)c2ccccc21. The lowest BCUT2D eigenvalue weighted by atomic mass is 9.77. The molecule has 3 heteroatoms. The normalized spacial score (nSPS) is 17.1. The number of benzene rings is 2. The van der Waals surface area contributed by atoms with Crippen molar-refractivity contribution in [3.05, 3.63) is 64.2 Å². The molecule has 0 amide bonds. The summed E-state index contributed by atoms with van der Waals surface area (Å²) in [6.07, 6.45) is -0.465. The van der Waals surface area contributed by atoms with Crippen molar-refractivity contribution in [2.75, 3.05) is 0 Å². The molecule has 0 fully saturated rings. The van der Waals surface area contributed by atoms with Crippen LogP contribution in [0.1, 0.15) is 79.3 Å². The molecule has 0 aliphatic carbocycles. The van der Waals surface area contributed by atoms with Crippen molar-refractivity contribution in [3.8, 4) is 5.75 Å². The summed E-state index contributed by atoms with van der Waals surface area (Å²) in [7, 11) is 0. The Morgan fingerprint density at radius 1 is 1.08 bits per heavy atom. The number of phenols is 1. The zero-order valence-electron chi connectivity index (χ0n) is 14.9. The molecule has 2 aromatic carbocycles. The number of fused-ring (bicyclic) bond motifs is 1. The van der Waals surface area contributed by atoms with Crippen molar-refractivity contribution in [1.82, 2.24) is 0 Å². The number of ether oxygens (including phenoxy) is 1. The molecular weight excluding hydrogens is 300 g/mol. The van der Waals surface area contributed by atoms with Crippen LogP contribution in [0.5, 0.6) is 5.75 Å². The number of aromatic hydroxyl groups is 1. The van der Waals surface area contributed by atoms with E-state index in [9.17, 15) is 9.90 Å². The van der Waals surface area contributed by atoms with Crippen LogP contribution in [0, 0.1) is 0 Å². The van der Waals surface area contributed by atoms with E-state index in [1.165, 1.54) is 0 Å². The first-order chi connectivity index (χ1) is 11.2. The summed E-state index contributed by atoms with van der Waals surface area (Å²) >= 11 is 0. The van der Waals surface area contributed by atoms with E-state index in [-0.39, 0.29) is 23.1 Å². The van der Waals surface area contributed by atoms with Crippen molar-refractivity contribution in [2.45, 2.75) is 52.1 Å². The van der Waals surface area contributed by atoms with E-state index in [1.807, 2.05) is 38.1 Å². The molecule has 0 radical (unpaired) electrons. The second-order valence-electron chi connectivity index (χ2n) is 7.74. The highest BCUT2D eigenvalue weighted by molar-refractivity contribution is 5.94. The van der Waals surface area contributed by atoms with Gasteiger partial charge in [-0.05, 0) is 29.0 Å².